The first kappa shape index (κ1) is 12.2. The number of hydrogen-bond donors (Lipinski definition) is 3. The second-order valence-corrected chi connectivity index (χ2v) is 3.67. The van der Waals surface area contributed by atoms with Crippen LogP contribution < -0.4 is 16.6 Å². The molecule has 8 heteroatoms. The minimum atomic E-state index is -0.520. The molecule has 2 heterocycles. The lowest BCUT2D eigenvalue weighted by molar-refractivity contribution is 0.616. The number of nitrogen functional groups attached to an aromatic ring is 1. The summed E-state index contributed by atoms with van der Waals surface area (Å²) in [5.74, 6) is 5.83. The molecule has 0 fully saturated rings. The number of hydrazine groups is 1. The number of nitrogens with zero attached hydrogens (tertiary/aromatic N) is 4. The van der Waals surface area contributed by atoms with E-state index in [9.17, 15) is 4.39 Å². The van der Waals surface area contributed by atoms with Gasteiger partial charge in [0.15, 0.2) is 11.6 Å². The van der Waals surface area contributed by atoms with Crippen LogP contribution >= 0.6 is 0 Å². The quantitative estimate of drug-likeness (QED) is 0.522. The minimum absolute atomic E-state index is 0.118. The fourth-order valence-electron chi connectivity index (χ4n) is 1.49. The third-order valence-corrected chi connectivity index (χ3v) is 2.44. The smallest absolute Gasteiger partial charge is 0.239 e. The second-order valence-electron chi connectivity index (χ2n) is 3.67. The van der Waals surface area contributed by atoms with Crippen molar-refractivity contribution in [2.75, 3.05) is 17.3 Å². The average molecular weight is 251 g/mol. The summed E-state index contributed by atoms with van der Waals surface area (Å²) in [5, 5.41) is 2.88. The van der Waals surface area contributed by atoms with E-state index in [0.717, 1.165) is 12.0 Å². The van der Waals surface area contributed by atoms with Crippen molar-refractivity contribution in [2.24, 2.45) is 12.9 Å². The van der Waals surface area contributed by atoms with Crippen LogP contribution in [0.15, 0.2) is 18.6 Å². The summed E-state index contributed by atoms with van der Waals surface area (Å²) in [6, 6.07) is 0. The Kier molecular flexibility index (Phi) is 3.68. The number of anilines is 2. The average Bonchev–Trinajstić information content (AvgIpc) is 2.77. The van der Waals surface area contributed by atoms with Crippen LogP contribution in [0.2, 0.25) is 0 Å². The highest BCUT2D eigenvalue weighted by molar-refractivity contribution is 5.40. The maximum absolute atomic E-state index is 13.4. The summed E-state index contributed by atoms with van der Waals surface area (Å²) >= 11 is 0. The molecular formula is C10H14FN7. The summed E-state index contributed by atoms with van der Waals surface area (Å²) in [6.45, 7) is 0.517. The van der Waals surface area contributed by atoms with Gasteiger partial charge in [0.25, 0.3) is 0 Å². The van der Waals surface area contributed by atoms with Gasteiger partial charge in [0.1, 0.15) is 5.82 Å². The molecule has 4 N–H and O–H groups in total. The van der Waals surface area contributed by atoms with Crippen LogP contribution in [0.5, 0.6) is 0 Å². The van der Waals surface area contributed by atoms with Gasteiger partial charge in [0, 0.05) is 32.4 Å². The molecule has 0 saturated carbocycles. The molecule has 0 aliphatic heterocycles. The topological polar surface area (TPSA) is 93.7 Å². The van der Waals surface area contributed by atoms with Gasteiger partial charge in [-0.05, 0) is 0 Å². The van der Waals surface area contributed by atoms with Crippen molar-refractivity contribution in [1.29, 1.82) is 0 Å². The monoisotopic (exact) mass is 251 g/mol. The molecule has 0 amide bonds. The molecule has 0 bridgehead atoms. The van der Waals surface area contributed by atoms with Crippen LogP contribution in [0.3, 0.4) is 0 Å². The van der Waals surface area contributed by atoms with Gasteiger partial charge in [-0.2, -0.15) is 4.98 Å². The fourth-order valence-corrected chi connectivity index (χ4v) is 1.49. The van der Waals surface area contributed by atoms with E-state index in [1.165, 1.54) is 0 Å². The molecule has 0 radical (unpaired) electrons. The van der Waals surface area contributed by atoms with Gasteiger partial charge in [0.2, 0.25) is 5.95 Å². The van der Waals surface area contributed by atoms with Crippen LogP contribution in [0.4, 0.5) is 16.2 Å². The molecule has 0 spiro atoms. The first-order chi connectivity index (χ1) is 8.70. The molecule has 2 aromatic rings. The van der Waals surface area contributed by atoms with E-state index in [2.05, 4.69) is 25.7 Å². The van der Waals surface area contributed by atoms with E-state index in [-0.39, 0.29) is 11.8 Å². The number of aryl methyl sites for hydroxylation is 1. The van der Waals surface area contributed by atoms with E-state index >= 15 is 0 Å². The van der Waals surface area contributed by atoms with Crippen molar-refractivity contribution in [2.45, 2.75) is 6.42 Å². The van der Waals surface area contributed by atoms with E-state index in [0.29, 0.717) is 13.0 Å². The number of aromatic nitrogens is 4. The van der Waals surface area contributed by atoms with Crippen LogP contribution in [0.1, 0.15) is 5.82 Å². The Labute approximate surface area is 103 Å². The van der Waals surface area contributed by atoms with Crippen LogP contribution in [0, 0.1) is 5.82 Å². The minimum Gasteiger partial charge on any atom is -0.367 e. The Balaban J connectivity index is 1.96. The molecule has 7 nitrogen and oxygen atoms in total. The largest absolute Gasteiger partial charge is 0.367 e. The Morgan fingerprint density at radius 1 is 1.44 bits per heavy atom. The van der Waals surface area contributed by atoms with Gasteiger partial charge in [-0.1, -0.05) is 0 Å². The number of imidazole rings is 1. The maximum atomic E-state index is 13.4. The summed E-state index contributed by atoms with van der Waals surface area (Å²) in [7, 11) is 1.91. The van der Waals surface area contributed by atoms with Crippen molar-refractivity contribution in [3.8, 4) is 0 Å². The van der Waals surface area contributed by atoms with Gasteiger partial charge in [0.05, 0.1) is 6.20 Å². The normalized spacial score (nSPS) is 10.4. The predicted molar refractivity (Wildman–Crippen MR) is 65.2 cm³/mol. The Hall–Kier alpha value is -2.22. The van der Waals surface area contributed by atoms with E-state index in [4.69, 9.17) is 5.84 Å². The lowest BCUT2D eigenvalue weighted by atomic mass is 10.4. The van der Waals surface area contributed by atoms with Gasteiger partial charge < -0.3 is 9.88 Å². The molecule has 96 valence electrons. The Morgan fingerprint density at radius 2 is 2.28 bits per heavy atom. The zero-order valence-electron chi connectivity index (χ0n) is 9.89. The van der Waals surface area contributed by atoms with Gasteiger partial charge in [-0.15, -0.1) is 0 Å². The number of halogens is 1. The van der Waals surface area contributed by atoms with Crippen molar-refractivity contribution >= 4 is 11.8 Å². The van der Waals surface area contributed by atoms with Crippen LogP contribution in [-0.4, -0.2) is 26.1 Å². The van der Waals surface area contributed by atoms with Gasteiger partial charge in [-0.25, -0.2) is 20.2 Å². The van der Waals surface area contributed by atoms with Crippen molar-refractivity contribution in [3.63, 3.8) is 0 Å². The summed E-state index contributed by atoms with van der Waals surface area (Å²) in [5.41, 5.74) is 2.26. The highest BCUT2D eigenvalue weighted by Crippen LogP contribution is 2.11. The zero-order chi connectivity index (χ0) is 13.0. The highest BCUT2D eigenvalue weighted by Gasteiger charge is 2.06. The standard InChI is InChI=1S/C10H14FN7/c1-18-5-4-13-8(18)2-3-14-9-7(11)6-15-10(16-9)17-12/h4-6H,2-3,12H2,1H3,(H2,14,15,16,17). The van der Waals surface area contributed by atoms with Crippen molar-refractivity contribution in [3.05, 3.63) is 30.2 Å². The molecular weight excluding hydrogens is 237 g/mol. The number of nitrogens with one attached hydrogen (secondary N) is 2. The molecule has 18 heavy (non-hydrogen) atoms. The maximum Gasteiger partial charge on any atom is 0.239 e. The molecule has 0 aliphatic carbocycles. The van der Waals surface area contributed by atoms with Crippen LogP contribution in [0.25, 0.3) is 0 Å². The number of rotatable bonds is 5. The van der Waals surface area contributed by atoms with E-state index in [1.54, 1.807) is 6.20 Å². The van der Waals surface area contributed by atoms with Crippen molar-refractivity contribution < 1.29 is 4.39 Å². The Morgan fingerprint density at radius 3 is 2.94 bits per heavy atom. The van der Waals surface area contributed by atoms with Crippen molar-refractivity contribution in [1.82, 2.24) is 19.5 Å². The second kappa shape index (κ2) is 5.41. The zero-order valence-corrected chi connectivity index (χ0v) is 9.89. The number of nitrogens with two attached hydrogens (primary N) is 1. The SMILES string of the molecule is Cn1ccnc1CCNc1nc(NN)ncc1F. The first-order valence-corrected chi connectivity index (χ1v) is 5.40. The first-order valence-electron chi connectivity index (χ1n) is 5.40. The molecule has 2 aromatic heterocycles. The lowest BCUT2D eigenvalue weighted by Gasteiger charge is -2.07. The van der Waals surface area contributed by atoms with Crippen LogP contribution in [-0.2, 0) is 13.5 Å². The lowest BCUT2D eigenvalue weighted by Crippen LogP contribution is -2.14. The molecule has 0 atom stereocenters. The van der Waals surface area contributed by atoms with E-state index < -0.39 is 5.82 Å². The summed E-state index contributed by atoms with van der Waals surface area (Å²) in [6.07, 6.45) is 5.30. The number of hydrogen-bond acceptors (Lipinski definition) is 6. The summed E-state index contributed by atoms with van der Waals surface area (Å²) < 4.78 is 15.3. The highest BCUT2D eigenvalue weighted by atomic mass is 19.1. The van der Waals surface area contributed by atoms with Gasteiger partial charge in [-0.3, -0.25) is 5.43 Å². The molecule has 0 aromatic carbocycles. The molecule has 0 unspecified atom stereocenters. The summed E-state index contributed by atoms with van der Waals surface area (Å²) in [4.78, 5) is 11.7. The fraction of sp³-hybridized carbons (Fsp3) is 0.300. The third-order valence-electron chi connectivity index (χ3n) is 2.44. The molecule has 0 aliphatic rings. The molecule has 2 rings (SSSR count). The Bertz CT molecular complexity index is 525. The predicted octanol–water partition coefficient (Wildman–Crippen LogP) is 0.289. The molecule has 0 saturated heterocycles. The van der Waals surface area contributed by atoms with E-state index in [1.807, 2.05) is 17.8 Å². The van der Waals surface area contributed by atoms with Gasteiger partial charge >= 0.3 is 0 Å². The third kappa shape index (κ3) is 2.72.